The first-order chi connectivity index (χ1) is 14.0. The fraction of sp³-hybridized carbons (Fsp3) is 0.474. The Hall–Kier alpha value is -2.46. The summed E-state index contributed by atoms with van der Waals surface area (Å²) in [5.74, 6) is 1.18. The summed E-state index contributed by atoms with van der Waals surface area (Å²) in [5, 5.41) is 12.3. The van der Waals surface area contributed by atoms with Gasteiger partial charge in [-0.2, -0.15) is 4.98 Å². The number of ether oxygens (including phenoxy) is 1. The molecule has 0 bridgehead atoms. The van der Waals surface area contributed by atoms with Gasteiger partial charge in [-0.3, -0.25) is 0 Å². The number of thiocarbonyl (C=S) groups is 1. The molecule has 1 aliphatic carbocycles. The topological polar surface area (TPSA) is 91.4 Å². The lowest BCUT2D eigenvalue weighted by molar-refractivity contribution is 0.0607. The lowest BCUT2D eigenvalue weighted by atomic mass is 9.91. The number of anilines is 3. The van der Waals surface area contributed by atoms with Crippen LogP contribution in [0.4, 0.5) is 17.5 Å². The molecule has 0 spiro atoms. The first kappa shape index (κ1) is 21.3. The largest absolute Gasteiger partial charge is 0.465 e. The molecular weight excluding hydrogens is 408 g/mol. The van der Waals surface area contributed by atoms with E-state index in [0.717, 1.165) is 31.5 Å². The van der Waals surface area contributed by atoms with E-state index in [2.05, 4.69) is 25.9 Å². The molecule has 0 amide bonds. The number of carbonyl (C=O) groups excluding carboxylic acids is 1. The van der Waals surface area contributed by atoms with Crippen molar-refractivity contribution in [3.63, 3.8) is 0 Å². The highest BCUT2D eigenvalue weighted by molar-refractivity contribution is 7.80. The molecule has 2 aromatic heterocycles. The summed E-state index contributed by atoms with van der Waals surface area (Å²) in [5.41, 5.74) is 0.674. The van der Waals surface area contributed by atoms with Crippen molar-refractivity contribution < 1.29 is 9.53 Å². The minimum atomic E-state index is -0.363. The number of aromatic nitrogens is 2. The summed E-state index contributed by atoms with van der Waals surface area (Å²) in [6.45, 7) is 0. The van der Waals surface area contributed by atoms with Crippen molar-refractivity contribution in [3.8, 4) is 0 Å². The molecule has 0 radical (unpaired) electrons. The van der Waals surface area contributed by atoms with Crippen molar-refractivity contribution in [2.75, 3.05) is 36.7 Å². The van der Waals surface area contributed by atoms with E-state index in [-0.39, 0.29) is 5.97 Å². The molecule has 0 saturated heterocycles. The molecule has 1 aliphatic rings. The number of hydrogen-bond acceptors (Lipinski definition) is 8. The maximum Gasteiger partial charge on any atom is 0.350 e. The minimum Gasteiger partial charge on any atom is -0.465 e. The van der Waals surface area contributed by atoms with Crippen LogP contribution < -0.4 is 20.9 Å². The Bertz CT molecular complexity index is 849. The minimum absolute atomic E-state index is 0.294. The van der Waals surface area contributed by atoms with Gasteiger partial charge in [0.25, 0.3) is 0 Å². The lowest BCUT2D eigenvalue weighted by Crippen LogP contribution is -2.42. The molecule has 3 N–H and O–H groups in total. The second-order valence-electron chi connectivity index (χ2n) is 7.08. The highest BCUT2D eigenvalue weighted by Crippen LogP contribution is 2.24. The number of carbonyl (C=O) groups is 1. The van der Waals surface area contributed by atoms with E-state index in [0.29, 0.717) is 33.7 Å². The highest BCUT2D eigenvalue weighted by atomic mass is 32.1. The van der Waals surface area contributed by atoms with Crippen molar-refractivity contribution in [3.05, 3.63) is 28.6 Å². The van der Waals surface area contributed by atoms with Crippen molar-refractivity contribution in [1.29, 1.82) is 0 Å². The number of nitrogens with zero attached hydrogens (tertiary/aromatic N) is 3. The standard InChI is InChI=1S/C19H26N6O2S2/c1-25(2)15-8-10-20-18(24-15)21-12-4-6-13(7-5-12)22-19(28)23-14-9-11-29-16(14)17(26)27-3/h8-13H,4-7H2,1-3H3,(H,20,21,24)(H2,22,23,28). The number of nitrogens with one attached hydrogen (secondary N) is 3. The normalized spacial score (nSPS) is 18.6. The number of rotatable bonds is 6. The first-order valence-electron chi connectivity index (χ1n) is 9.46. The van der Waals surface area contributed by atoms with E-state index in [1.54, 1.807) is 6.20 Å². The summed E-state index contributed by atoms with van der Waals surface area (Å²) < 4.78 is 4.80. The Balaban J connectivity index is 1.46. The summed E-state index contributed by atoms with van der Waals surface area (Å²) in [4.78, 5) is 23.1. The Labute approximate surface area is 180 Å². The van der Waals surface area contributed by atoms with Crippen LogP contribution in [0.1, 0.15) is 35.4 Å². The van der Waals surface area contributed by atoms with E-state index in [4.69, 9.17) is 17.0 Å². The van der Waals surface area contributed by atoms with E-state index in [9.17, 15) is 4.79 Å². The Morgan fingerprint density at radius 1 is 1.24 bits per heavy atom. The predicted octanol–water partition coefficient (Wildman–Crippen LogP) is 3.10. The van der Waals surface area contributed by atoms with Crippen LogP contribution in [0.25, 0.3) is 0 Å². The molecule has 10 heteroatoms. The molecule has 2 heterocycles. The van der Waals surface area contributed by atoms with Crippen LogP contribution in [-0.4, -0.2) is 54.3 Å². The fourth-order valence-corrected chi connectivity index (χ4v) is 4.28. The molecule has 0 unspecified atom stereocenters. The predicted molar refractivity (Wildman–Crippen MR) is 121 cm³/mol. The number of esters is 1. The van der Waals surface area contributed by atoms with E-state index >= 15 is 0 Å². The third-order valence-corrected chi connectivity index (χ3v) is 5.89. The van der Waals surface area contributed by atoms with Gasteiger partial charge in [-0.25, -0.2) is 9.78 Å². The molecule has 0 atom stereocenters. The van der Waals surface area contributed by atoms with Gasteiger partial charge < -0.3 is 25.6 Å². The quantitative estimate of drug-likeness (QED) is 0.468. The van der Waals surface area contributed by atoms with Crippen LogP contribution in [-0.2, 0) is 4.74 Å². The van der Waals surface area contributed by atoms with Gasteiger partial charge in [-0.15, -0.1) is 11.3 Å². The van der Waals surface area contributed by atoms with Gasteiger partial charge in [0.1, 0.15) is 10.7 Å². The smallest absolute Gasteiger partial charge is 0.350 e. The zero-order chi connectivity index (χ0) is 20.8. The van der Waals surface area contributed by atoms with Gasteiger partial charge in [0.15, 0.2) is 5.11 Å². The van der Waals surface area contributed by atoms with Gasteiger partial charge in [-0.05, 0) is 55.4 Å². The molecule has 3 rings (SSSR count). The lowest BCUT2D eigenvalue weighted by Gasteiger charge is -2.30. The van der Waals surface area contributed by atoms with Gasteiger partial charge in [0, 0.05) is 32.4 Å². The molecule has 2 aromatic rings. The third-order valence-electron chi connectivity index (χ3n) is 4.78. The SMILES string of the molecule is COC(=O)c1sccc1NC(=S)NC1CCC(Nc2nccc(N(C)C)n2)CC1. The van der Waals surface area contributed by atoms with Crippen LogP contribution in [0.2, 0.25) is 0 Å². The van der Waals surface area contributed by atoms with Gasteiger partial charge >= 0.3 is 5.97 Å². The Kier molecular flexibility index (Phi) is 7.21. The molecule has 0 aliphatic heterocycles. The number of hydrogen-bond donors (Lipinski definition) is 3. The van der Waals surface area contributed by atoms with Crippen LogP contribution in [0.3, 0.4) is 0 Å². The summed E-state index contributed by atoms with van der Waals surface area (Å²) in [7, 11) is 5.30. The molecule has 156 valence electrons. The molecular formula is C19H26N6O2S2. The van der Waals surface area contributed by atoms with E-state index in [1.165, 1.54) is 18.4 Å². The maximum atomic E-state index is 11.8. The molecule has 8 nitrogen and oxygen atoms in total. The monoisotopic (exact) mass is 434 g/mol. The molecule has 1 saturated carbocycles. The second-order valence-corrected chi connectivity index (χ2v) is 8.40. The average Bonchev–Trinajstić information content (AvgIpc) is 3.17. The van der Waals surface area contributed by atoms with Crippen molar-refractivity contribution in [1.82, 2.24) is 15.3 Å². The number of methoxy groups -OCH3 is 1. The van der Waals surface area contributed by atoms with E-state index < -0.39 is 0 Å². The Morgan fingerprint density at radius 2 is 1.97 bits per heavy atom. The molecule has 1 fully saturated rings. The number of thiophene rings is 1. The Morgan fingerprint density at radius 3 is 2.66 bits per heavy atom. The van der Waals surface area contributed by atoms with Crippen molar-refractivity contribution in [2.45, 2.75) is 37.8 Å². The van der Waals surface area contributed by atoms with Gasteiger partial charge in [0.05, 0.1) is 12.8 Å². The average molecular weight is 435 g/mol. The second kappa shape index (κ2) is 9.84. The van der Waals surface area contributed by atoms with Crippen molar-refractivity contribution >= 4 is 52.1 Å². The van der Waals surface area contributed by atoms with Crippen LogP contribution in [0.5, 0.6) is 0 Å². The zero-order valence-corrected chi connectivity index (χ0v) is 18.4. The van der Waals surface area contributed by atoms with Crippen LogP contribution >= 0.6 is 23.6 Å². The third kappa shape index (κ3) is 5.77. The summed E-state index contributed by atoms with van der Waals surface area (Å²) >= 11 is 6.75. The summed E-state index contributed by atoms with van der Waals surface area (Å²) in [6, 6.07) is 4.35. The fourth-order valence-electron chi connectivity index (χ4n) is 3.23. The van der Waals surface area contributed by atoms with Gasteiger partial charge in [-0.1, -0.05) is 0 Å². The van der Waals surface area contributed by atoms with Crippen LogP contribution in [0, 0.1) is 0 Å². The van der Waals surface area contributed by atoms with Crippen molar-refractivity contribution in [2.24, 2.45) is 0 Å². The molecule has 0 aromatic carbocycles. The maximum absolute atomic E-state index is 11.8. The van der Waals surface area contributed by atoms with Crippen LogP contribution in [0.15, 0.2) is 23.7 Å². The summed E-state index contributed by atoms with van der Waals surface area (Å²) in [6.07, 6.45) is 5.75. The zero-order valence-electron chi connectivity index (χ0n) is 16.8. The van der Waals surface area contributed by atoms with Gasteiger partial charge in [0.2, 0.25) is 5.95 Å². The molecule has 29 heavy (non-hydrogen) atoms. The van der Waals surface area contributed by atoms with E-state index in [1.807, 2.05) is 36.5 Å². The highest BCUT2D eigenvalue weighted by Gasteiger charge is 2.23. The first-order valence-corrected chi connectivity index (χ1v) is 10.7.